The van der Waals surface area contributed by atoms with Crippen molar-refractivity contribution in [1.29, 1.82) is 0 Å². The molecule has 0 radical (unpaired) electrons. The summed E-state index contributed by atoms with van der Waals surface area (Å²) in [6.07, 6.45) is -1.70. The van der Waals surface area contributed by atoms with Gasteiger partial charge in [0.1, 0.15) is 12.4 Å². The maximum atomic E-state index is 13.8. The molecule has 1 aliphatic carbocycles. The van der Waals surface area contributed by atoms with Gasteiger partial charge in [0, 0.05) is 23.7 Å². The Hall–Kier alpha value is -2.50. The van der Waals surface area contributed by atoms with E-state index in [2.05, 4.69) is 4.90 Å². The molecule has 2 bridgehead atoms. The van der Waals surface area contributed by atoms with Crippen LogP contribution in [-0.2, 0) is 23.1 Å². The highest BCUT2D eigenvalue weighted by Crippen LogP contribution is 2.42. The van der Waals surface area contributed by atoms with Crippen molar-refractivity contribution in [3.05, 3.63) is 58.1 Å². The molecule has 2 heterocycles. The summed E-state index contributed by atoms with van der Waals surface area (Å²) in [5.74, 6) is -0.476. The van der Waals surface area contributed by atoms with Crippen LogP contribution in [-0.4, -0.2) is 50.1 Å². The van der Waals surface area contributed by atoms with Crippen molar-refractivity contribution in [2.24, 2.45) is 11.8 Å². The highest BCUT2D eigenvalue weighted by molar-refractivity contribution is 7.90. The maximum absolute atomic E-state index is 13.8. The second-order valence-corrected chi connectivity index (χ2v) is 13.9. The van der Waals surface area contributed by atoms with Crippen LogP contribution in [0.15, 0.2) is 36.4 Å². The number of carbonyl (C=O) groups is 1. The molecule has 12 heteroatoms. The number of amides is 1. The molecule has 4 atom stereocenters. The zero-order valence-corrected chi connectivity index (χ0v) is 24.8. The van der Waals surface area contributed by atoms with E-state index >= 15 is 0 Å². The van der Waals surface area contributed by atoms with E-state index in [4.69, 9.17) is 16.3 Å². The van der Waals surface area contributed by atoms with Crippen LogP contribution < -0.4 is 14.4 Å². The van der Waals surface area contributed by atoms with Gasteiger partial charge in [-0.1, -0.05) is 30.5 Å². The molecule has 0 spiro atoms. The molecule has 2 aliphatic heterocycles. The summed E-state index contributed by atoms with van der Waals surface area (Å²) < 4.78 is 75.1. The number of nitrogens with zero attached hydrogens (tertiary/aromatic N) is 1. The van der Waals surface area contributed by atoms with E-state index in [9.17, 15) is 31.5 Å². The first kappa shape index (κ1) is 30.9. The molecule has 2 N–H and O–H groups in total. The number of fused-ring (bicyclic) bond motifs is 3. The van der Waals surface area contributed by atoms with Gasteiger partial charge in [0.05, 0.1) is 11.8 Å². The van der Waals surface area contributed by atoms with Crippen molar-refractivity contribution in [3.8, 4) is 5.75 Å². The Morgan fingerprint density at radius 3 is 2.50 bits per heavy atom. The van der Waals surface area contributed by atoms with E-state index in [-0.39, 0.29) is 36.8 Å². The number of sulfonamides is 1. The predicted molar refractivity (Wildman–Crippen MR) is 154 cm³/mol. The zero-order valence-electron chi connectivity index (χ0n) is 23.2. The van der Waals surface area contributed by atoms with Crippen LogP contribution in [0, 0.1) is 11.8 Å². The summed E-state index contributed by atoms with van der Waals surface area (Å²) in [6, 6.07) is 10.1. The van der Waals surface area contributed by atoms with Crippen LogP contribution in [0.1, 0.15) is 72.9 Å². The molecular formula is C30H36ClF3N2O5S. The number of aryl methyl sites for hydroxylation is 1. The van der Waals surface area contributed by atoms with Gasteiger partial charge in [0.25, 0.3) is 5.91 Å². The number of alkyl halides is 3. The molecule has 230 valence electrons. The van der Waals surface area contributed by atoms with Crippen molar-refractivity contribution in [2.75, 3.05) is 18.0 Å². The summed E-state index contributed by atoms with van der Waals surface area (Å²) in [5.41, 5.74) is 2.55. The number of nitrogens with one attached hydrogen (secondary N) is 1. The monoisotopic (exact) mass is 628 g/mol. The third kappa shape index (κ3) is 7.00. The molecule has 2 aromatic carbocycles. The third-order valence-electron chi connectivity index (χ3n) is 8.85. The Kier molecular flexibility index (Phi) is 9.30. The molecule has 42 heavy (non-hydrogen) atoms. The van der Waals surface area contributed by atoms with Gasteiger partial charge in [-0.25, -0.2) is 13.1 Å². The molecular weight excluding hydrogens is 593 g/mol. The minimum atomic E-state index is -5.07. The average Bonchev–Trinajstić information content (AvgIpc) is 2.92. The number of benzene rings is 2. The van der Waals surface area contributed by atoms with E-state index in [0.29, 0.717) is 36.0 Å². The van der Waals surface area contributed by atoms with Gasteiger partial charge in [0.2, 0.25) is 10.0 Å². The quantitative estimate of drug-likeness (QED) is 0.371. The fourth-order valence-corrected chi connectivity index (χ4v) is 7.88. The Bertz CT molecular complexity index is 1400. The Labute approximate surface area is 249 Å². The minimum Gasteiger partial charge on any atom is -0.487 e. The Balaban J connectivity index is 1.53. The molecule has 1 amide bonds. The van der Waals surface area contributed by atoms with E-state index in [0.717, 1.165) is 43.2 Å². The van der Waals surface area contributed by atoms with Crippen LogP contribution in [0.4, 0.5) is 18.9 Å². The van der Waals surface area contributed by atoms with Gasteiger partial charge in [-0.2, -0.15) is 13.2 Å². The predicted octanol–water partition coefficient (Wildman–Crippen LogP) is 6.01. The number of aliphatic hydroxyl groups excluding tert-OH is 1. The van der Waals surface area contributed by atoms with Gasteiger partial charge >= 0.3 is 6.18 Å². The number of carbonyl (C=O) groups excluding carboxylic acids is 1. The molecule has 7 nitrogen and oxygen atoms in total. The molecule has 2 aromatic rings. The molecule has 0 aromatic heterocycles. The summed E-state index contributed by atoms with van der Waals surface area (Å²) in [5, 5.41) is 8.84. The smallest absolute Gasteiger partial charge is 0.407 e. The van der Waals surface area contributed by atoms with E-state index in [1.54, 1.807) is 16.9 Å². The van der Waals surface area contributed by atoms with Crippen molar-refractivity contribution >= 4 is 33.2 Å². The molecule has 0 saturated heterocycles. The van der Waals surface area contributed by atoms with Gasteiger partial charge in [-0.05, 0) is 98.2 Å². The Morgan fingerprint density at radius 1 is 0.976 bits per heavy atom. The first-order chi connectivity index (χ1) is 19.9. The van der Waals surface area contributed by atoms with E-state index in [1.165, 1.54) is 12.1 Å². The normalized spacial score (nSPS) is 27.3. The highest BCUT2D eigenvalue weighted by atomic mass is 35.5. The van der Waals surface area contributed by atoms with Crippen molar-refractivity contribution < 1.29 is 36.2 Å². The number of hydrogen-bond acceptors (Lipinski definition) is 6. The maximum Gasteiger partial charge on any atom is 0.407 e. The van der Waals surface area contributed by atoms with Crippen molar-refractivity contribution in [2.45, 2.75) is 81.9 Å². The van der Waals surface area contributed by atoms with E-state index in [1.807, 2.05) is 12.1 Å². The van der Waals surface area contributed by atoms with Crippen molar-refractivity contribution in [3.63, 3.8) is 0 Å². The standard InChI is InChI=1S/C30H36ClF3N2O5S/c31-23-11-8-22-18-41-27-13-10-20-16-25(27)36(14-4-3-5-19(22)15-23)17-21-9-12-24(21)26(37)6-1-2-7-28(30(32,33)34)42(39,40)35-29(20)38/h8,10-11,13,15-16,21,24,26,28,37H,1-7,9,12,14,17-18H2,(H,35,38)/t21?,24?,26?,28-/m0/s1. The van der Waals surface area contributed by atoms with Gasteiger partial charge in [-0.15, -0.1) is 0 Å². The second kappa shape index (κ2) is 12.6. The number of rotatable bonds is 0. The van der Waals surface area contributed by atoms with Crippen LogP contribution >= 0.6 is 11.6 Å². The lowest BCUT2D eigenvalue weighted by Gasteiger charge is -2.43. The fourth-order valence-electron chi connectivity index (χ4n) is 6.34. The topological polar surface area (TPSA) is 95.9 Å². The Morgan fingerprint density at radius 2 is 1.76 bits per heavy atom. The SMILES string of the molecule is O=C1NS(=O)(=O)[C@H](C(F)(F)F)CCCCC(O)C2CCC2CN2CCCCc3cc(Cl)ccc3COc3ccc1cc32. The van der Waals surface area contributed by atoms with Gasteiger partial charge < -0.3 is 14.7 Å². The van der Waals surface area contributed by atoms with Crippen LogP contribution in [0.5, 0.6) is 5.75 Å². The molecule has 3 unspecified atom stereocenters. The van der Waals surface area contributed by atoms with Gasteiger partial charge in [0.15, 0.2) is 5.25 Å². The number of anilines is 1. The summed E-state index contributed by atoms with van der Waals surface area (Å²) in [6.45, 7) is 1.47. The fraction of sp³-hybridized carbons (Fsp3) is 0.567. The van der Waals surface area contributed by atoms with E-state index < -0.39 is 39.9 Å². The summed E-state index contributed by atoms with van der Waals surface area (Å²) in [4.78, 5) is 15.2. The number of hydrogen-bond donors (Lipinski definition) is 2. The first-order valence-corrected chi connectivity index (χ1v) is 16.4. The van der Waals surface area contributed by atoms with Crippen LogP contribution in [0.2, 0.25) is 5.02 Å². The zero-order chi connectivity index (χ0) is 30.1. The largest absolute Gasteiger partial charge is 0.487 e. The summed E-state index contributed by atoms with van der Waals surface area (Å²) in [7, 11) is -5.07. The number of ether oxygens (including phenoxy) is 1. The van der Waals surface area contributed by atoms with Gasteiger partial charge in [-0.3, -0.25) is 4.79 Å². The van der Waals surface area contributed by atoms with Crippen LogP contribution in [0.3, 0.4) is 0 Å². The van der Waals surface area contributed by atoms with Crippen LogP contribution in [0.25, 0.3) is 0 Å². The lowest BCUT2D eigenvalue weighted by atomic mass is 9.69. The number of aliphatic hydroxyl groups is 1. The van der Waals surface area contributed by atoms with Crippen molar-refractivity contribution in [1.82, 2.24) is 4.72 Å². The molecule has 3 aliphatic rings. The summed E-state index contributed by atoms with van der Waals surface area (Å²) >= 11 is 6.25. The molecule has 1 fully saturated rings. The minimum absolute atomic E-state index is 0.000446. The first-order valence-electron chi connectivity index (χ1n) is 14.5. The lowest BCUT2D eigenvalue weighted by molar-refractivity contribution is -0.131. The molecule has 1 saturated carbocycles. The third-order valence-corrected chi connectivity index (χ3v) is 10.8. The lowest BCUT2D eigenvalue weighted by Crippen LogP contribution is -2.46. The second-order valence-electron chi connectivity index (χ2n) is 11.6. The average molecular weight is 629 g/mol. The number of halogens is 4. The highest BCUT2D eigenvalue weighted by Gasteiger charge is 2.49. The molecule has 5 rings (SSSR count).